The Morgan fingerprint density at radius 1 is 1.55 bits per heavy atom. The highest BCUT2D eigenvalue weighted by atomic mass is 35.5. The third-order valence-electron chi connectivity index (χ3n) is 3.95. The van der Waals surface area contributed by atoms with Gasteiger partial charge in [-0.25, -0.2) is 4.98 Å². The molecule has 2 heterocycles. The molecule has 1 aliphatic carbocycles. The van der Waals surface area contributed by atoms with E-state index in [1.54, 1.807) is 6.33 Å². The summed E-state index contributed by atoms with van der Waals surface area (Å²) in [5.74, 6) is -0.386. The van der Waals surface area contributed by atoms with Crippen LogP contribution in [0.15, 0.2) is 6.33 Å². The number of hydrogen-bond donors (Lipinski definition) is 2. The van der Waals surface area contributed by atoms with Crippen molar-refractivity contribution in [2.75, 3.05) is 12.3 Å². The lowest BCUT2D eigenvalue weighted by molar-refractivity contribution is -0.148. The minimum atomic E-state index is -0.353. The van der Waals surface area contributed by atoms with Crippen molar-refractivity contribution in [1.82, 2.24) is 19.5 Å². The van der Waals surface area contributed by atoms with Gasteiger partial charge in [-0.2, -0.15) is 9.97 Å². The Bertz CT molecular complexity index is 719. The smallest absolute Gasteiger partial charge is 0.302 e. The number of ether oxygens (including phenoxy) is 1. The number of nitrogens with two attached hydrogens (primary N) is 1. The summed E-state index contributed by atoms with van der Waals surface area (Å²) in [6.07, 6.45) is 2.54. The van der Waals surface area contributed by atoms with Gasteiger partial charge in [0, 0.05) is 31.9 Å². The molecule has 8 nitrogen and oxygen atoms in total. The standard InChI is InChI=1S/C13H16ClN5O3/c1-6(21)22-9-3-8(2-7(9)4-20)19-5-16-10-11(14)17-13(15)18-12(10)19/h5,7-9,20H,2-4H2,1H3,(H2,15,17,18)/t7-,8-,9+/m1/s1. The molecule has 3 atom stereocenters. The van der Waals surface area contributed by atoms with Crippen LogP contribution >= 0.6 is 11.6 Å². The number of carbonyl (C=O) groups is 1. The highest BCUT2D eigenvalue weighted by molar-refractivity contribution is 6.33. The number of rotatable bonds is 3. The first-order chi connectivity index (χ1) is 10.5. The zero-order chi connectivity index (χ0) is 15.9. The number of nitrogen functional groups attached to an aromatic ring is 1. The van der Waals surface area contributed by atoms with Crippen LogP contribution in [0, 0.1) is 5.92 Å². The van der Waals surface area contributed by atoms with E-state index in [0.29, 0.717) is 24.0 Å². The zero-order valence-electron chi connectivity index (χ0n) is 11.9. The van der Waals surface area contributed by atoms with Gasteiger partial charge in [-0.15, -0.1) is 0 Å². The molecular weight excluding hydrogens is 310 g/mol. The normalized spacial score (nSPS) is 24.8. The minimum Gasteiger partial charge on any atom is -0.462 e. The fraction of sp³-hybridized carbons (Fsp3) is 0.538. The number of esters is 1. The lowest BCUT2D eigenvalue weighted by Gasteiger charge is -2.16. The number of anilines is 1. The van der Waals surface area contributed by atoms with Crippen LogP contribution in [0.3, 0.4) is 0 Å². The molecule has 1 saturated carbocycles. The first-order valence-electron chi connectivity index (χ1n) is 6.93. The molecule has 0 spiro atoms. The predicted molar refractivity (Wildman–Crippen MR) is 79.1 cm³/mol. The van der Waals surface area contributed by atoms with Crippen LogP contribution in [0.1, 0.15) is 25.8 Å². The number of aromatic nitrogens is 4. The molecule has 118 valence electrons. The van der Waals surface area contributed by atoms with E-state index < -0.39 is 0 Å². The summed E-state index contributed by atoms with van der Waals surface area (Å²) in [7, 11) is 0. The van der Waals surface area contributed by atoms with E-state index >= 15 is 0 Å². The van der Waals surface area contributed by atoms with E-state index in [1.807, 2.05) is 4.57 Å². The molecule has 2 aromatic rings. The Balaban J connectivity index is 1.93. The van der Waals surface area contributed by atoms with E-state index in [9.17, 15) is 9.90 Å². The maximum atomic E-state index is 11.2. The van der Waals surface area contributed by atoms with Crippen molar-refractivity contribution in [3.63, 3.8) is 0 Å². The minimum absolute atomic E-state index is 0.00290. The molecule has 0 amide bonds. The van der Waals surface area contributed by atoms with Crippen LogP contribution in [0.4, 0.5) is 5.95 Å². The van der Waals surface area contributed by atoms with Gasteiger partial charge in [0.1, 0.15) is 11.6 Å². The van der Waals surface area contributed by atoms with Crippen molar-refractivity contribution in [2.45, 2.75) is 31.9 Å². The Labute approximate surface area is 131 Å². The Kier molecular flexibility index (Phi) is 3.88. The van der Waals surface area contributed by atoms with Crippen LogP contribution in [0.25, 0.3) is 11.2 Å². The lowest BCUT2D eigenvalue weighted by Crippen LogP contribution is -2.23. The van der Waals surface area contributed by atoms with Crippen molar-refractivity contribution in [3.8, 4) is 0 Å². The molecule has 0 radical (unpaired) electrons. The largest absolute Gasteiger partial charge is 0.462 e. The van der Waals surface area contributed by atoms with Gasteiger partial charge >= 0.3 is 5.97 Å². The highest BCUT2D eigenvalue weighted by Gasteiger charge is 2.37. The zero-order valence-corrected chi connectivity index (χ0v) is 12.7. The lowest BCUT2D eigenvalue weighted by atomic mass is 10.1. The molecule has 0 saturated heterocycles. The Hall–Kier alpha value is -1.93. The van der Waals surface area contributed by atoms with E-state index in [-0.39, 0.29) is 41.7 Å². The summed E-state index contributed by atoms with van der Waals surface area (Å²) >= 11 is 6.02. The molecule has 0 aromatic carbocycles. The molecule has 0 aliphatic heterocycles. The van der Waals surface area contributed by atoms with Gasteiger partial charge in [0.15, 0.2) is 10.8 Å². The van der Waals surface area contributed by atoms with Crippen molar-refractivity contribution < 1.29 is 14.6 Å². The molecule has 22 heavy (non-hydrogen) atoms. The predicted octanol–water partition coefficient (Wildman–Crippen LogP) is 0.937. The number of hydrogen-bond acceptors (Lipinski definition) is 7. The number of fused-ring (bicyclic) bond motifs is 1. The third-order valence-corrected chi connectivity index (χ3v) is 4.21. The van der Waals surface area contributed by atoms with Crippen molar-refractivity contribution in [1.29, 1.82) is 0 Å². The molecule has 1 fully saturated rings. The fourth-order valence-corrected chi connectivity index (χ4v) is 3.22. The number of nitrogens with zero attached hydrogens (tertiary/aromatic N) is 4. The molecule has 2 aromatic heterocycles. The number of carbonyl (C=O) groups excluding carboxylic acids is 1. The quantitative estimate of drug-likeness (QED) is 0.637. The SMILES string of the molecule is CC(=O)O[C@H]1C[C@H](n2cnc3c(Cl)nc(N)nc32)C[C@@H]1CO. The summed E-state index contributed by atoms with van der Waals surface area (Å²) in [5, 5.41) is 9.69. The van der Waals surface area contributed by atoms with E-state index in [0.717, 1.165) is 0 Å². The maximum absolute atomic E-state index is 11.2. The second kappa shape index (κ2) is 5.69. The highest BCUT2D eigenvalue weighted by Crippen LogP contribution is 2.38. The monoisotopic (exact) mass is 325 g/mol. The van der Waals surface area contributed by atoms with Crippen LogP contribution < -0.4 is 5.73 Å². The van der Waals surface area contributed by atoms with Crippen molar-refractivity contribution in [2.24, 2.45) is 5.92 Å². The molecule has 0 bridgehead atoms. The molecule has 1 aliphatic rings. The molecule has 3 N–H and O–H groups in total. The van der Waals surface area contributed by atoms with Crippen LogP contribution in [-0.2, 0) is 9.53 Å². The number of imidazole rings is 1. The van der Waals surface area contributed by atoms with E-state index in [1.165, 1.54) is 6.92 Å². The molecule has 0 unspecified atom stereocenters. The average molecular weight is 326 g/mol. The summed E-state index contributed by atoms with van der Waals surface area (Å²) in [5.41, 5.74) is 6.66. The van der Waals surface area contributed by atoms with E-state index in [2.05, 4.69) is 15.0 Å². The summed E-state index contributed by atoms with van der Waals surface area (Å²) in [4.78, 5) is 23.5. The molecular formula is C13H16ClN5O3. The van der Waals surface area contributed by atoms with Crippen LogP contribution in [0.2, 0.25) is 5.15 Å². The topological polar surface area (TPSA) is 116 Å². The van der Waals surface area contributed by atoms with Gasteiger partial charge in [0.25, 0.3) is 0 Å². The Morgan fingerprint density at radius 3 is 3.00 bits per heavy atom. The summed E-state index contributed by atoms with van der Waals surface area (Å²) in [6, 6.07) is -0.00290. The van der Waals surface area contributed by atoms with Crippen molar-refractivity contribution in [3.05, 3.63) is 11.5 Å². The maximum Gasteiger partial charge on any atom is 0.302 e. The van der Waals surface area contributed by atoms with E-state index in [4.69, 9.17) is 22.1 Å². The third kappa shape index (κ3) is 2.59. The summed E-state index contributed by atoms with van der Waals surface area (Å²) in [6.45, 7) is 1.32. The average Bonchev–Trinajstić information content (AvgIpc) is 3.01. The number of aliphatic hydroxyl groups excluding tert-OH is 1. The number of halogens is 1. The second-order valence-corrected chi connectivity index (χ2v) is 5.77. The first-order valence-corrected chi connectivity index (χ1v) is 7.31. The second-order valence-electron chi connectivity index (χ2n) is 5.41. The van der Waals surface area contributed by atoms with Gasteiger partial charge in [-0.05, 0) is 6.42 Å². The van der Waals surface area contributed by atoms with Gasteiger partial charge < -0.3 is 20.1 Å². The molecule has 9 heteroatoms. The van der Waals surface area contributed by atoms with Crippen LogP contribution in [0.5, 0.6) is 0 Å². The fourth-order valence-electron chi connectivity index (χ4n) is 3.00. The van der Waals surface area contributed by atoms with Gasteiger partial charge in [0.05, 0.1) is 6.33 Å². The number of aliphatic hydroxyl groups is 1. The van der Waals surface area contributed by atoms with Crippen molar-refractivity contribution >= 4 is 34.7 Å². The van der Waals surface area contributed by atoms with Crippen LogP contribution in [-0.4, -0.2) is 43.3 Å². The van der Waals surface area contributed by atoms with Gasteiger partial charge in [-0.3, -0.25) is 4.79 Å². The summed E-state index contributed by atoms with van der Waals surface area (Å²) < 4.78 is 7.14. The molecule has 3 rings (SSSR count). The van der Waals surface area contributed by atoms with Gasteiger partial charge in [0.2, 0.25) is 5.95 Å². The Morgan fingerprint density at radius 2 is 2.32 bits per heavy atom. The van der Waals surface area contributed by atoms with Gasteiger partial charge in [-0.1, -0.05) is 11.6 Å². The first kappa shape index (κ1) is 15.0.